The van der Waals surface area contributed by atoms with Crippen LogP contribution in [0.4, 0.5) is 0 Å². The van der Waals surface area contributed by atoms with Gasteiger partial charge in [0.05, 0.1) is 0 Å². The minimum atomic E-state index is -1.50. The van der Waals surface area contributed by atoms with E-state index in [1.54, 1.807) is 6.08 Å². The van der Waals surface area contributed by atoms with Crippen molar-refractivity contribution in [2.24, 2.45) is 0 Å². The van der Waals surface area contributed by atoms with E-state index in [-0.39, 0.29) is 6.42 Å². The fourth-order valence-corrected chi connectivity index (χ4v) is 2.39. The first-order valence-corrected chi connectivity index (χ1v) is 9.40. The van der Waals surface area contributed by atoms with Gasteiger partial charge >= 0.3 is 12.0 Å². The molecule has 0 amide bonds. The number of aliphatic carboxylic acids is 1. The lowest BCUT2D eigenvalue weighted by Crippen LogP contribution is -2.28. The van der Waals surface area contributed by atoms with Gasteiger partial charge in [-0.2, -0.15) is 0 Å². The summed E-state index contributed by atoms with van der Waals surface area (Å²) in [5.74, 6) is -1.37. The second kappa shape index (κ2) is 16.9. The number of unbranched alkanes of at least 4 members (excludes halogenated alkanes) is 6. The van der Waals surface area contributed by atoms with Crippen LogP contribution in [0.2, 0.25) is 0 Å². The van der Waals surface area contributed by atoms with E-state index >= 15 is 0 Å². The molecule has 0 aromatic heterocycles. The van der Waals surface area contributed by atoms with E-state index in [4.69, 9.17) is 5.11 Å². The summed E-state index contributed by atoms with van der Waals surface area (Å²) in [6.07, 6.45) is 23.5. The highest BCUT2D eigenvalue weighted by molar-refractivity contribution is 5.71. The van der Waals surface area contributed by atoms with Crippen LogP contribution in [0, 0.1) is 10.1 Å². The molecular formula is C20H33NO4. The molecule has 25 heavy (non-hydrogen) atoms. The van der Waals surface area contributed by atoms with Gasteiger partial charge in [0.15, 0.2) is 0 Å². The van der Waals surface area contributed by atoms with E-state index in [1.165, 1.54) is 38.5 Å². The fourth-order valence-electron chi connectivity index (χ4n) is 2.39. The lowest BCUT2D eigenvalue weighted by atomic mass is 10.1. The third-order valence-electron chi connectivity index (χ3n) is 3.91. The van der Waals surface area contributed by atoms with E-state index in [0.29, 0.717) is 6.42 Å². The molecule has 1 atom stereocenters. The van der Waals surface area contributed by atoms with Crippen molar-refractivity contribution in [3.8, 4) is 0 Å². The van der Waals surface area contributed by atoms with Crippen molar-refractivity contribution in [2.75, 3.05) is 0 Å². The second-order valence-corrected chi connectivity index (χ2v) is 6.16. The molecule has 0 bridgehead atoms. The first kappa shape index (κ1) is 23.1. The summed E-state index contributed by atoms with van der Waals surface area (Å²) >= 11 is 0. The Labute approximate surface area is 151 Å². The van der Waals surface area contributed by atoms with Crippen molar-refractivity contribution in [1.29, 1.82) is 0 Å². The number of carboxylic acids is 1. The Morgan fingerprint density at radius 3 is 2.00 bits per heavy atom. The highest BCUT2D eigenvalue weighted by atomic mass is 16.6. The van der Waals surface area contributed by atoms with Gasteiger partial charge in [-0.25, -0.2) is 4.79 Å². The van der Waals surface area contributed by atoms with E-state index in [0.717, 1.165) is 19.3 Å². The van der Waals surface area contributed by atoms with Crippen LogP contribution < -0.4 is 0 Å². The predicted octanol–water partition coefficient (Wildman–Crippen LogP) is 5.70. The van der Waals surface area contributed by atoms with Crippen LogP contribution in [0.25, 0.3) is 0 Å². The minimum Gasteiger partial charge on any atom is -0.476 e. The average molecular weight is 351 g/mol. The van der Waals surface area contributed by atoms with Gasteiger partial charge in [-0.05, 0) is 32.1 Å². The highest BCUT2D eigenvalue weighted by Crippen LogP contribution is 2.07. The topological polar surface area (TPSA) is 80.4 Å². The monoisotopic (exact) mass is 351 g/mol. The zero-order chi connectivity index (χ0) is 18.8. The number of allylic oxidation sites excluding steroid dienone is 6. The van der Waals surface area contributed by atoms with Crippen LogP contribution in [0.3, 0.4) is 0 Å². The normalized spacial score (nSPS) is 13.2. The lowest BCUT2D eigenvalue weighted by molar-refractivity contribution is -0.510. The van der Waals surface area contributed by atoms with Crippen LogP contribution in [0.15, 0.2) is 36.5 Å². The third-order valence-corrected chi connectivity index (χ3v) is 3.91. The number of nitrogens with zero attached hydrogens (tertiary/aromatic N) is 1. The maximum atomic E-state index is 10.6. The van der Waals surface area contributed by atoms with Crippen LogP contribution in [-0.4, -0.2) is 22.0 Å². The molecule has 0 aromatic carbocycles. The van der Waals surface area contributed by atoms with E-state index in [2.05, 4.69) is 25.2 Å². The Kier molecular flexibility index (Phi) is 15.6. The van der Waals surface area contributed by atoms with Crippen LogP contribution in [0.5, 0.6) is 0 Å². The van der Waals surface area contributed by atoms with E-state index < -0.39 is 16.9 Å². The smallest absolute Gasteiger partial charge is 0.379 e. The summed E-state index contributed by atoms with van der Waals surface area (Å²) in [4.78, 5) is 20.4. The molecular weight excluding hydrogens is 318 g/mol. The summed E-state index contributed by atoms with van der Waals surface area (Å²) in [7, 11) is 0. The summed E-state index contributed by atoms with van der Waals surface area (Å²) in [6, 6.07) is -1.50. The molecule has 0 aliphatic carbocycles. The molecule has 0 spiro atoms. The minimum absolute atomic E-state index is 0.0315. The standard InChI is InChI=1S/C20H33NO4/c1-2-3-4-5-6-7-8-9-10-11-12-13-14-15-16-17-18-19(20(22)23)21(24)25/h9-10,12-13,15-16,19H,2-8,11,14,17-18H2,1H3,(H,22,23)/b10-9+,13-12+,16-15+. The quantitative estimate of drug-likeness (QED) is 0.167. The summed E-state index contributed by atoms with van der Waals surface area (Å²) in [6.45, 7) is 2.23. The maximum absolute atomic E-state index is 10.6. The number of hydrogen-bond donors (Lipinski definition) is 1. The Morgan fingerprint density at radius 2 is 1.44 bits per heavy atom. The maximum Gasteiger partial charge on any atom is 0.379 e. The largest absolute Gasteiger partial charge is 0.476 e. The fraction of sp³-hybridized carbons (Fsp3) is 0.650. The van der Waals surface area contributed by atoms with E-state index in [1.807, 2.05) is 12.2 Å². The van der Waals surface area contributed by atoms with Gasteiger partial charge in [-0.3, -0.25) is 10.1 Å². The van der Waals surface area contributed by atoms with Crippen molar-refractivity contribution in [2.45, 2.75) is 83.6 Å². The van der Waals surface area contributed by atoms with Gasteiger partial charge in [0.2, 0.25) is 0 Å². The molecule has 142 valence electrons. The number of hydrogen-bond acceptors (Lipinski definition) is 3. The molecule has 0 saturated heterocycles. The molecule has 1 N–H and O–H groups in total. The van der Waals surface area contributed by atoms with Crippen LogP contribution in [0.1, 0.15) is 77.6 Å². The van der Waals surface area contributed by atoms with Gasteiger partial charge in [0, 0.05) is 11.3 Å². The Balaban J connectivity index is 3.57. The van der Waals surface area contributed by atoms with Crippen LogP contribution >= 0.6 is 0 Å². The third kappa shape index (κ3) is 15.4. The SMILES string of the molecule is CCCCCCCC/C=C/C/C=C/C/C=C/CCC(C(=O)O)[N+](=O)[O-]. The molecule has 1 unspecified atom stereocenters. The predicted molar refractivity (Wildman–Crippen MR) is 102 cm³/mol. The molecule has 0 aliphatic heterocycles. The second-order valence-electron chi connectivity index (χ2n) is 6.16. The molecule has 0 rings (SSSR count). The van der Waals surface area contributed by atoms with Crippen molar-refractivity contribution in [3.05, 3.63) is 46.6 Å². The molecule has 5 heteroatoms. The van der Waals surface area contributed by atoms with Crippen molar-refractivity contribution in [3.63, 3.8) is 0 Å². The van der Waals surface area contributed by atoms with Crippen molar-refractivity contribution < 1.29 is 14.8 Å². The number of carboxylic acid groups (broad SMARTS) is 1. The van der Waals surface area contributed by atoms with Gasteiger partial charge in [0.1, 0.15) is 0 Å². The molecule has 0 radical (unpaired) electrons. The van der Waals surface area contributed by atoms with Crippen molar-refractivity contribution >= 4 is 5.97 Å². The van der Waals surface area contributed by atoms with Gasteiger partial charge in [0.25, 0.3) is 0 Å². The van der Waals surface area contributed by atoms with Gasteiger partial charge in [-0.1, -0.05) is 75.5 Å². The molecule has 5 nitrogen and oxygen atoms in total. The molecule has 0 heterocycles. The highest BCUT2D eigenvalue weighted by Gasteiger charge is 2.27. The van der Waals surface area contributed by atoms with Crippen LogP contribution in [-0.2, 0) is 4.79 Å². The van der Waals surface area contributed by atoms with Gasteiger partial charge in [-0.15, -0.1) is 0 Å². The molecule has 0 aliphatic rings. The Bertz CT molecular complexity index is 427. The van der Waals surface area contributed by atoms with Crippen molar-refractivity contribution in [1.82, 2.24) is 0 Å². The summed E-state index contributed by atoms with van der Waals surface area (Å²) in [5.41, 5.74) is 0. The molecule has 0 saturated carbocycles. The number of carbonyl (C=O) groups is 1. The first-order chi connectivity index (χ1) is 12.1. The summed E-state index contributed by atoms with van der Waals surface area (Å²) < 4.78 is 0. The van der Waals surface area contributed by atoms with E-state index in [9.17, 15) is 14.9 Å². The zero-order valence-corrected chi connectivity index (χ0v) is 15.4. The first-order valence-electron chi connectivity index (χ1n) is 9.40. The Hall–Kier alpha value is -1.91. The molecule has 0 fully saturated rings. The lowest BCUT2D eigenvalue weighted by Gasteiger charge is -2.01. The summed E-state index contributed by atoms with van der Waals surface area (Å²) in [5, 5.41) is 19.2. The Morgan fingerprint density at radius 1 is 0.920 bits per heavy atom. The number of rotatable bonds is 16. The number of nitro groups is 1. The average Bonchev–Trinajstić information content (AvgIpc) is 2.57. The van der Waals surface area contributed by atoms with Gasteiger partial charge < -0.3 is 5.11 Å². The zero-order valence-electron chi connectivity index (χ0n) is 15.4. The molecule has 0 aromatic rings.